The highest BCUT2D eigenvalue weighted by atomic mass is 127. The quantitative estimate of drug-likeness (QED) is 0.308. The van der Waals surface area contributed by atoms with Gasteiger partial charge in [-0.2, -0.15) is 0 Å². The van der Waals surface area contributed by atoms with Gasteiger partial charge in [-0.15, -0.1) is 35.3 Å². The average molecular weight is 537 g/mol. The summed E-state index contributed by atoms with van der Waals surface area (Å²) in [6.07, 6.45) is -1.06. The molecule has 0 radical (unpaired) electrons. The van der Waals surface area contributed by atoms with Gasteiger partial charge in [-0.3, -0.25) is 4.99 Å². The Bertz CT molecular complexity index is 855. The maximum Gasteiger partial charge on any atom is 0.194 e. The molecule has 0 saturated carbocycles. The van der Waals surface area contributed by atoms with E-state index >= 15 is 0 Å². The number of aliphatic imine (C=N–C) groups is 1. The van der Waals surface area contributed by atoms with Crippen LogP contribution in [0.25, 0.3) is 0 Å². The lowest BCUT2D eigenvalue weighted by Crippen LogP contribution is -2.39. The van der Waals surface area contributed by atoms with Crippen molar-refractivity contribution in [3.05, 3.63) is 52.9 Å². The van der Waals surface area contributed by atoms with Crippen LogP contribution in [-0.4, -0.2) is 56.4 Å². The molecule has 0 fully saturated rings. The lowest BCUT2D eigenvalue weighted by Gasteiger charge is -2.23. The molecule has 28 heavy (non-hydrogen) atoms. The van der Waals surface area contributed by atoms with E-state index in [1.807, 2.05) is 31.0 Å². The van der Waals surface area contributed by atoms with Crippen LogP contribution in [0.2, 0.25) is 0 Å². The van der Waals surface area contributed by atoms with Crippen molar-refractivity contribution >= 4 is 51.1 Å². The first kappa shape index (κ1) is 24.9. The van der Waals surface area contributed by atoms with Crippen LogP contribution in [-0.2, 0) is 16.4 Å². The standard InChI is InChI=1S/C19H27N3O3S2.HI/c1-4-20-19(22(3)13-16-9-6-5-8-15(16)2)21-12-17(23)14-27(24,25)18-10-7-11-26-18;/h5-11,17,23H,4,12-14H2,1-3H3,(H,20,21);1H. The first-order chi connectivity index (χ1) is 12.8. The van der Waals surface area contributed by atoms with Gasteiger partial charge in [0, 0.05) is 20.1 Å². The third-order valence-corrected chi connectivity index (χ3v) is 7.32. The van der Waals surface area contributed by atoms with Gasteiger partial charge in [0.05, 0.1) is 18.4 Å². The van der Waals surface area contributed by atoms with Crippen molar-refractivity contribution < 1.29 is 13.5 Å². The Kier molecular flexibility index (Phi) is 10.4. The maximum absolute atomic E-state index is 12.3. The molecule has 1 aromatic carbocycles. The van der Waals surface area contributed by atoms with Gasteiger partial charge in [0.25, 0.3) is 0 Å². The van der Waals surface area contributed by atoms with Crippen LogP contribution < -0.4 is 5.32 Å². The second-order valence-corrected chi connectivity index (χ2v) is 9.55. The highest BCUT2D eigenvalue weighted by Crippen LogP contribution is 2.18. The van der Waals surface area contributed by atoms with E-state index in [-0.39, 0.29) is 40.5 Å². The number of rotatable bonds is 8. The van der Waals surface area contributed by atoms with Crippen molar-refractivity contribution in [2.45, 2.75) is 30.7 Å². The fourth-order valence-electron chi connectivity index (χ4n) is 2.61. The first-order valence-electron chi connectivity index (χ1n) is 8.81. The number of aliphatic hydroxyl groups excluding tert-OH is 1. The minimum absolute atomic E-state index is 0. The summed E-state index contributed by atoms with van der Waals surface area (Å²) in [5.74, 6) is 0.297. The summed E-state index contributed by atoms with van der Waals surface area (Å²) in [6, 6.07) is 11.4. The molecule has 1 unspecified atom stereocenters. The van der Waals surface area contributed by atoms with Crippen molar-refractivity contribution in [1.29, 1.82) is 0 Å². The molecule has 1 atom stereocenters. The van der Waals surface area contributed by atoms with Gasteiger partial charge in [0.15, 0.2) is 15.8 Å². The van der Waals surface area contributed by atoms with Crippen LogP contribution in [0.1, 0.15) is 18.1 Å². The van der Waals surface area contributed by atoms with Crippen molar-refractivity contribution in [3.8, 4) is 0 Å². The van der Waals surface area contributed by atoms with Crippen LogP contribution in [0.3, 0.4) is 0 Å². The number of aryl methyl sites for hydroxylation is 1. The number of thiophene rings is 1. The number of halogens is 1. The third kappa shape index (κ3) is 7.34. The van der Waals surface area contributed by atoms with Gasteiger partial charge in [0.2, 0.25) is 0 Å². The Labute approximate surface area is 188 Å². The number of benzene rings is 1. The maximum atomic E-state index is 12.3. The van der Waals surface area contributed by atoms with Crippen molar-refractivity contribution in [2.24, 2.45) is 4.99 Å². The monoisotopic (exact) mass is 537 g/mol. The molecule has 156 valence electrons. The number of guanidine groups is 1. The summed E-state index contributed by atoms with van der Waals surface area (Å²) in [5, 5.41) is 15.1. The van der Waals surface area contributed by atoms with Gasteiger partial charge >= 0.3 is 0 Å². The van der Waals surface area contributed by atoms with Crippen LogP contribution in [0.4, 0.5) is 0 Å². The van der Waals surface area contributed by atoms with E-state index in [1.165, 1.54) is 11.1 Å². The minimum Gasteiger partial charge on any atom is -0.390 e. The van der Waals surface area contributed by atoms with E-state index < -0.39 is 15.9 Å². The summed E-state index contributed by atoms with van der Waals surface area (Å²) in [6.45, 7) is 5.40. The van der Waals surface area contributed by atoms with Gasteiger partial charge in [0.1, 0.15) is 4.21 Å². The molecule has 0 aliphatic rings. The van der Waals surface area contributed by atoms with Crippen molar-refractivity contribution in [1.82, 2.24) is 10.2 Å². The fourth-order valence-corrected chi connectivity index (χ4v) is 5.08. The normalized spacial score (nSPS) is 12.9. The predicted octanol–water partition coefficient (Wildman–Crippen LogP) is 2.91. The molecule has 0 amide bonds. The Hall–Kier alpha value is -1.17. The molecule has 2 N–H and O–H groups in total. The number of aliphatic hydroxyl groups is 1. The summed E-state index contributed by atoms with van der Waals surface area (Å²) >= 11 is 1.16. The van der Waals surface area contributed by atoms with Gasteiger partial charge in [-0.05, 0) is 36.4 Å². The van der Waals surface area contributed by atoms with Gasteiger partial charge in [-0.1, -0.05) is 30.3 Å². The zero-order chi connectivity index (χ0) is 19.9. The van der Waals surface area contributed by atoms with Crippen molar-refractivity contribution in [2.75, 3.05) is 25.9 Å². The topological polar surface area (TPSA) is 82.0 Å². The Balaban J connectivity index is 0.00000392. The summed E-state index contributed by atoms with van der Waals surface area (Å²) in [5.41, 5.74) is 2.38. The molecule has 0 bridgehead atoms. The highest BCUT2D eigenvalue weighted by Gasteiger charge is 2.21. The van der Waals surface area contributed by atoms with Gasteiger partial charge in [-0.25, -0.2) is 8.42 Å². The lowest BCUT2D eigenvalue weighted by atomic mass is 10.1. The van der Waals surface area contributed by atoms with E-state index in [1.54, 1.807) is 17.5 Å². The molecule has 2 aromatic rings. The Morgan fingerprint density at radius 2 is 2.00 bits per heavy atom. The summed E-state index contributed by atoms with van der Waals surface area (Å²) < 4.78 is 24.8. The number of nitrogens with one attached hydrogen (secondary N) is 1. The molecule has 0 spiro atoms. The number of hydrogen-bond donors (Lipinski definition) is 2. The zero-order valence-corrected chi connectivity index (χ0v) is 20.3. The lowest BCUT2D eigenvalue weighted by molar-refractivity contribution is 0.205. The molecule has 2 rings (SSSR count). The second kappa shape index (κ2) is 11.7. The average Bonchev–Trinajstić information content (AvgIpc) is 3.16. The molecule has 0 saturated heterocycles. The molecule has 9 heteroatoms. The summed E-state index contributed by atoms with van der Waals surface area (Å²) in [7, 11) is -1.57. The molecule has 1 heterocycles. The van der Waals surface area contributed by atoms with E-state index in [9.17, 15) is 13.5 Å². The van der Waals surface area contributed by atoms with Crippen LogP contribution >= 0.6 is 35.3 Å². The Morgan fingerprint density at radius 1 is 1.29 bits per heavy atom. The predicted molar refractivity (Wildman–Crippen MR) is 126 cm³/mol. The van der Waals surface area contributed by atoms with E-state index in [0.717, 1.165) is 11.3 Å². The fraction of sp³-hybridized carbons (Fsp3) is 0.421. The molecular weight excluding hydrogens is 509 g/mol. The largest absolute Gasteiger partial charge is 0.390 e. The molecule has 6 nitrogen and oxygen atoms in total. The number of sulfone groups is 1. The first-order valence-corrected chi connectivity index (χ1v) is 11.3. The van der Waals surface area contributed by atoms with Crippen molar-refractivity contribution in [3.63, 3.8) is 0 Å². The SMILES string of the molecule is CCNC(=NCC(O)CS(=O)(=O)c1cccs1)N(C)Cc1ccccc1C.I. The van der Waals surface area contributed by atoms with Crippen LogP contribution in [0.15, 0.2) is 51.0 Å². The number of hydrogen-bond acceptors (Lipinski definition) is 5. The van der Waals surface area contributed by atoms with Crippen LogP contribution in [0, 0.1) is 6.92 Å². The smallest absolute Gasteiger partial charge is 0.194 e. The van der Waals surface area contributed by atoms with Gasteiger partial charge < -0.3 is 15.3 Å². The molecule has 0 aliphatic carbocycles. The Morgan fingerprint density at radius 3 is 2.61 bits per heavy atom. The zero-order valence-electron chi connectivity index (χ0n) is 16.3. The molecule has 1 aromatic heterocycles. The molecule has 0 aliphatic heterocycles. The van der Waals surface area contributed by atoms with E-state index in [0.29, 0.717) is 19.0 Å². The molecular formula is C19H28IN3O3S2. The second-order valence-electron chi connectivity index (χ2n) is 6.34. The minimum atomic E-state index is -3.49. The summed E-state index contributed by atoms with van der Waals surface area (Å²) in [4.78, 5) is 6.39. The van der Waals surface area contributed by atoms with Crippen LogP contribution in [0.5, 0.6) is 0 Å². The number of nitrogens with zero attached hydrogens (tertiary/aromatic N) is 2. The van der Waals surface area contributed by atoms with E-state index in [2.05, 4.69) is 29.4 Å². The third-order valence-electron chi connectivity index (χ3n) is 4.03. The van der Waals surface area contributed by atoms with E-state index in [4.69, 9.17) is 0 Å². The highest BCUT2D eigenvalue weighted by molar-refractivity contribution is 14.0.